The summed E-state index contributed by atoms with van der Waals surface area (Å²) in [5.74, 6) is 0.905. The van der Waals surface area contributed by atoms with Crippen LogP contribution in [0.1, 0.15) is 6.92 Å². The zero-order chi connectivity index (χ0) is 13.4. The molecule has 0 aromatic heterocycles. The van der Waals surface area contributed by atoms with E-state index in [1.807, 2.05) is 32.3 Å². The zero-order valence-corrected chi connectivity index (χ0v) is 11.8. The second-order valence-electron chi connectivity index (χ2n) is 4.52. The summed E-state index contributed by atoms with van der Waals surface area (Å²) in [7, 11) is 5.75. The molecule has 1 unspecified atom stereocenters. The summed E-state index contributed by atoms with van der Waals surface area (Å²) < 4.78 is 10.8. The lowest BCUT2D eigenvalue weighted by atomic mass is 10.3. The fourth-order valence-corrected chi connectivity index (χ4v) is 1.59. The third-order valence-corrected chi connectivity index (χ3v) is 2.59. The first-order valence-corrected chi connectivity index (χ1v) is 6.27. The minimum absolute atomic E-state index is 0.138. The van der Waals surface area contributed by atoms with E-state index in [4.69, 9.17) is 9.47 Å². The SMILES string of the molecule is COCCNCC(C)Oc1cccc(N(C)C)c1. The molecule has 0 radical (unpaired) electrons. The van der Waals surface area contributed by atoms with Crippen molar-refractivity contribution < 1.29 is 9.47 Å². The van der Waals surface area contributed by atoms with Crippen molar-refractivity contribution in [3.63, 3.8) is 0 Å². The molecule has 0 aliphatic carbocycles. The topological polar surface area (TPSA) is 33.7 Å². The average Bonchev–Trinajstić information content (AvgIpc) is 2.35. The molecule has 0 aliphatic heterocycles. The molecule has 102 valence electrons. The van der Waals surface area contributed by atoms with Crippen molar-refractivity contribution in [2.75, 3.05) is 45.8 Å². The predicted octanol–water partition coefficient (Wildman–Crippen LogP) is 1.76. The maximum atomic E-state index is 5.86. The van der Waals surface area contributed by atoms with Crippen molar-refractivity contribution in [2.45, 2.75) is 13.0 Å². The van der Waals surface area contributed by atoms with E-state index < -0.39 is 0 Å². The lowest BCUT2D eigenvalue weighted by Gasteiger charge is -2.18. The second-order valence-corrected chi connectivity index (χ2v) is 4.52. The van der Waals surface area contributed by atoms with Gasteiger partial charge in [0, 0.05) is 46.0 Å². The summed E-state index contributed by atoms with van der Waals surface area (Å²) in [4.78, 5) is 2.06. The summed E-state index contributed by atoms with van der Waals surface area (Å²) in [6, 6.07) is 8.11. The molecule has 0 bridgehead atoms. The molecule has 4 nitrogen and oxygen atoms in total. The predicted molar refractivity (Wildman–Crippen MR) is 75.6 cm³/mol. The van der Waals surface area contributed by atoms with Gasteiger partial charge in [0.15, 0.2) is 0 Å². The largest absolute Gasteiger partial charge is 0.489 e. The van der Waals surface area contributed by atoms with Crippen molar-refractivity contribution in [2.24, 2.45) is 0 Å². The van der Waals surface area contributed by atoms with E-state index in [9.17, 15) is 0 Å². The van der Waals surface area contributed by atoms with Gasteiger partial charge < -0.3 is 19.7 Å². The Labute approximate surface area is 110 Å². The van der Waals surface area contributed by atoms with Crippen LogP contribution in [0.3, 0.4) is 0 Å². The molecule has 0 aliphatic rings. The highest BCUT2D eigenvalue weighted by molar-refractivity contribution is 5.49. The first-order chi connectivity index (χ1) is 8.63. The van der Waals surface area contributed by atoms with Crippen molar-refractivity contribution >= 4 is 5.69 Å². The molecule has 0 amide bonds. The van der Waals surface area contributed by atoms with E-state index in [0.717, 1.165) is 31.1 Å². The number of anilines is 1. The van der Waals surface area contributed by atoms with Crippen molar-refractivity contribution in [1.29, 1.82) is 0 Å². The fourth-order valence-electron chi connectivity index (χ4n) is 1.59. The van der Waals surface area contributed by atoms with Crippen molar-refractivity contribution in [1.82, 2.24) is 5.32 Å². The first-order valence-electron chi connectivity index (χ1n) is 6.27. The van der Waals surface area contributed by atoms with Gasteiger partial charge in [-0.15, -0.1) is 0 Å². The molecule has 4 heteroatoms. The van der Waals surface area contributed by atoms with Crippen LogP contribution in [0.15, 0.2) is 24.3 Å². The minimum atomic E-state index is 0.138. The number of hydrogen-bond acceptors (Lipinski definition) is 4. The molecule has 0 heterocycles. The Morgan fingerprint density at radius 1 is 1.33 bits per heavy atom. The Bertz CT molecular complexity index is 342. The average molecular weight is 252 g/mol. The molecule has 0 fully saturated rings. The summed E-state index contributed by atoms with van der Waals surface area (Å²) in [6.07, 6.45) is 0.138. The van der Waals surface area contributed by atoms with Gasteiger partial charge in [0.05, 0.1) is 6.61 Å². The van der Waals surface area contributed by atoms with Crippen LogP contribution in [0.5, 0.6) is 5.75 Å². The highest BCUT2D eigenvalue weighted by atomic mass is 16.5. The second kappa shape index (κ2) is 7.95. The Balaban J connectivity index is 2.39. The monoisotopic (exact) mass is 252 g/mol. The van der Waals surface area contributed by atoms with Crippen LogP contribution in [0, 0.1) is 0 Å². The number of ether oxygens (including phenoxy) is 2. The van der Waals surface area contributed by atoms with Gasteiger partial charge in [0.25, 0.3) is 0 Å². The number of methoxy groups -OCH3 is 1. The fraction of sp³-hybridized carbons (Fsp3) is 0.571. The van der Waals surface area contributed by atoms with Gasteiger partial charge in [-0.05, 0) is 19.1 Å². The number of benzene rings is 1. The molecule has 1 aromatic carbocycles. The number of hydrogen-bond donors (Lipinski definition) is 1. The number of rotatable bonds is 8. The maximum absolute atomic E-state index is 5.86. The van der Waals surface area contributed by atoms with Crippen LogP contribution in [0.2, 0.25) is 0 Å². The van der Waals surface area contributed by atoms with Gasteiger partial charge in [0.1, 0.15) is 11.9 Å². The molecular weight excluding hydrogens is 228 g/mol. The summed E-state index contributed by atoms with van der Waals surface area (Å²) in [5, 5.41) is 3.28. The number of nitrogens with one attached hydrogen (secondary N) is 1. The Morgan fingerprint density at radius 3 is 2.78 bits per heavy atom. The van der Waals surface area contributed by atoms with Crippen LogP contribution in [0.4, 0.5) is 5.69 Å². The van der Waals surface area contributed by atoms with E-state index in [1.54, 1.807) is 7.11 Å². The Kier molecular flexibility index (Phi) is 6.54. The van der Waals surface area contributed by atoms with E-state index in [1.165, 1.54) is 0 Å². The molecule has 0 saturated heterocycles. The molecule has 0 saturated carbocycles. The molecule has 1 N–H and O–H groups in total. The van der Waals surface area contributed by atoms with Gasteiger partial charge in [-0.1, -0.05) is 6.07 Å². The summed E-state index contributed by atoms with van der Waals surface area (Å²) >= 11 is 0. The Hall–Kier alpha value is -1.26. The van der Waals surface area contributed by atoms with Gasteiger partial charge in [-0.2, -0.15) is 0 Å². The zero-order valence-electron chi connectivity index (χ0n) is 11.8. The normalized spacial score (nSPS) is 12.2. The Morgan fingerprint density at radius 2 is 2.11 bits per heavy atom. The van der Waals surface area contributed by atoms with E-state index in [2.05, 4.69) is 23.2 Å². The standard InChI is InChI=1S/C14H24N2O2/c1-12(11-15-8-9-17-4)18-14-7-5-6-13(10-14)16(2)3/h5-7,10,12,15H,8-9,11H2,1-4H3. The van der Waals surface area contributed by atoms with Crippen LogP contribution < -0.4 is 15.0 Å². The van der Waals surface area contributed by atoms with Crippen LogP contribution in [0.25, 0.3) is 0 Å². The minimum Gasteiger partial charge on any atom is -0.489 e. The highest BCUT2D eigenvalue weighted by Crippen LogP contribution is 2.20. The summed E-state index contributed by atoms with van der Waals surface area (Å²) in [5.41, 5.74) is 1.15. The smallest absolute Gasteiger partial charge is 0.121 e. The van der Waals surface area contributed by atoms with Crippen LogP contribution in [-0.2, 0) is 4.74 Å². The van der Waals surface area contributed by atoms with Gasteiger partial charge >= 0.3 is 0 Å². The number of nitrogens with zero attached hydrogens (tertiary/aromatic N) is 1. The van der Waals surface area contributed by atoms with Crippen molar-refractivity contribution in [3.05, 3.63) is 24.3 Å². The third kappa shape index (κ3) is 5.38. The van der Waals surface area contributed by atoms with E-state index in [0.29, 0.717) is 0 Å². The molecule has 1 aromatic rings. The van der Waals surface area contributed by atoms with Gasteiger partial charge in [0.2, 0.25) is 0 Å². The lowest BCUT2D eigenvalue weighted by Crippen LogP contribution is -2.31. The molecule has 18 heavy (non-hydrogen) atoms. The highest BCUT2D eigenvalue weighted by Gasteiger charge is 2.04. The van der Waals surface area contributed by atoms with Gasteiger partial charge in [-0.25, -0.2) is 0 Å². The molecular formula is C14H24N2O2. The molecule has 1 atom stereocenters. The van der Waals surface area contributed by atoms with E-state index in [-0.39, 0.29) is 6.10 Å². The molecule has 1 rings (SSSR count). The van der Waals surface area contributed by atoms with Crippen molar-refractivity contribution in [3.8, 4) is 5.75 Å². The third-order valence-electron chi connectivity index (χ3n) is 2.59. The lowest BCUT2D eigenvalue weighted by molar-refractivity contribution is 0.184. The maximum Gasteiger partial charge on any atom is 0.121 e. The molecule has 0 spiro atoms. The van der Waals surface area contributed by atoms with E-state index >= 15 is 0 Å². The quantitative estimate of drug-likeness (QED) is 0.715. The van der Waals surface area contributed by atoms with Crippen LogP contribution >= 0.6 is 0 Å². The van der Waals surface area contributed by atoms with Gasteiger partial charge in [-0.3, -0.25) is 0 Å². The first kappa shape index (κ1) is 14.8. The van der Waals surface area contributed by atoms with Crippen LogP contribution in [-0.4, -0.2) is 47.0 Å². The summed E-state index contributed by atoms with van der Waals surface area (Å²) in [6.45, 7) is 4.45.